The molecule has 3 heteroatoms. The summed E-state index contributed by atoms with van der Waals surface area (Å²) in [5.74, 6) is 0. The maximum Gasteiger partial charge on any atom is 0.152 e. The molecule has 0 spiro atoms. The molecule has 0 heterocycles. The van der Waals surface area contributed by atoms with Crippen molar-refractivity contribution in [2.45, 2.75) is 39.1 Å². The highest BCUT2D eigenvalue weighted by molar-refractivity contribution is 5.08. The second kappa shape index (κ2) is 11.6. The van der Waals surface area contributed by atoms with Crippen LogP contribution in [0.15, 0.2) is 37.0 Å². The molecule has 98 valence electrons. The monoisotopic (exact) mass is 240 g/mol. The molecule has 17 heavy (non-hydrogen) atoms. The zero-order valence-corrected chi connectivity index (χ0v) is 10.8. The molecule has 0 radical (unpaired) electrons. The second-order valence-electron chi connectivity index (χ2n) is 3.68. The van der Waals surface area contributed by atoms with E-state index in [0.717, 1.165) is 12.8 Å². The molecule has 0 aromatic heterocycles. The zero-order chi connectivity index (χ0) is 12.9. The van der Waals surface area contributed by atoms with E-state index in [2.05, 4.69) is 6.58 Å². The van der Waals surface area contributed by atoms with Gasteiger partial charge in [0.2, 0.25) is 0 Å². The summed E-state index contributed by atoms with van der Waals surface area (Å²) in [4.78, 5) is 0. The molecule has 3 nitrogen and oxygen atoms in total. The van der Waals surface area contributed by atoms with Gasteiger partial charge in [0.05, 0.1) is 19.3 Å². The van der Waals surface area contributed by atoms with Gasteiger partial charge in [0.25, 0.3) is 0 Å². The van der Waals surface area contributed by atoms with Gasteiger partial charge in [-0.05, 0) is 19.8 Å². The number of aliphatic hydroxyl groups excluding tert-OH is 1. The topological polar surface area (TPSA) is 38.7 Å². The van der Waals surface area contributed by atoms with Gasteiger partial charge in [0, 0.05) is 0 Å². The Morgan fingerprint density at radius 3 is 2.65 bits per heavy atom. The third-order valence-corrected chi connectivity index (χ3v) is 2.07. The first-order valence-electron chi connectivity index (χ1n) is 6.06. The Kier molecular flexibility index (Phi) is 11.0. The quantitative estimate of drug-likeness (QED) is 0.362. The Morgan fingerprint density at radius 1 is 1.29 bits per heavy atom. The molecule has 1 N–H and O–H groups in total. The summed E-state index contributed by atoms with van der Waals surface area (Å²) in [6.45, 7) is 8.39. The van der Waals surface area contributed by atoms with Crippen molar-refractivity contribution >= 4 is 0 Å². The fourth-order valence-electron chi connectivity index (χ4n) is 1.22. The first kappa shape index (κ1) is 16.1. The van der Waals surface area contributed by atoms with Gasteiger partial charge in [-0.25, -0.2) is 0 Å². The van der Waals surface area contributed by atoms with Crippen molar-refractivity contribution < 1.29 is 14.6 Å². The summed E-state index contributed by atoms with van der Waals surface area (Å²) in [6, 6.07) is 0. The van der Waals surface area contributed by atoms with E-state index in [4.69, 9.17) is 14.6 Å². The molecule has 0 amide bonds. The van der Waals surface area contributed by atoms with E-state index in [1.165, 1.54) is 0 Å². The fraction of sp³-hybridized carbons (Fsp3) is 0.571. The number of allylic oxidation sites excluding steroid dienone is 4. The van der Waals surface area contributed by atoms with Crippen LogP contribution in [-0.4, -0.2) is 30.7 Å². The van der Waals surface area contributed by atoms with Gasteiger partial charge >= 0.3 is 0 Å². The van der Waals surface area contributed by atoms with Crippen LogP contribution in [0.4, 0.5) is 0 Å². The van der Waals surface area contributed by atoms with E-state index in [1.807, 2.05) is 31.2 Å². The largest absolute Gasteiger partial charge is 0.378 e. The standard InChI is InChI=1S/C14H24O3/c1-4-6-7-8-9-10-11-16-12-14(5-2)17-13(3)15/h4,6-9,13-15H,1,5,10-12H2,2-3H3/b7-6-,9-8-. The lowest BCUT2D eigenvalue weighted by Crippen LogP contribution is -2.24. The number of rotatable bonds is 10. The Hall–Kier alpha value is -0.900. The van der Waals surface area contributed by atoms with E-state index in [-0.39, 0.29) is 6.10 Å². The van der Waals surface area contributed by atoms with Crippen LogP contribution in [0.2, 0.25) is 0 Å². The number of ether oxygens (including phenoxy) is 2. The number of aliphatic hydroxyl groups is 1. The lowest BCUT2D eigenvalue weighted by atomic mass is 10.3. The maximum atomic E-state index is 9.07. The summed E-state index contributed by atoms with van der Waals surface area (Å²) >= 11 is 0. The van der Waals surface area contributed by atoms with Crippen LogP contribution in [0.1, 0.15) is 26.7 Å². The summed E-state index contributed by atoms with van der Waals surface area (Å²) in [5.41, 5.74) is 0. The van der Waals surface area contributed by atoms with Crippen molar-refractivity contribution in [2.75, 3.05) is 13.2 Å². The minimum Gasteiger partial charge on any atom is -0.378 e. The molecule has 2 unspecified atom stereocenters. The normalized spacial score (nSPS) is 15.5. The van der Waals surface area contributed by atoms with E-state index in [1.54, 1.807) is 13.0 Å². The molecular formula is C14H24O3. The van der Waals surface area contributed by atoms with Crippen molar-refractivity contribution in [3.63, 3.8) is 0 Å². The molecular weight excluding hydrogens is 216 g/mol. The van der Waals surface area contributed by atoms with Crippen LogP contribution in [0, 0.1) is 0 Å². The smallest absolute Gasteiger partial charge is 0.152 e. The maximum absolute atomic E-state index is 9.07. The molecule has 2 atom stereocenters. The van der Waals surface area contributed by atoms with Gasteiger partial charge in [0.1, 0.15) is 0 Å². The summed E-state index contributed by atoms with van der Waals surface area (Å²) in [7, 11) is 0. The molecule has 0 bridgehead atoms. The van der Waals surface area contributed by atoms with Crippen LogP contribution < -0.4 is 0 Å². The second-order valence-corrected chi connectivity index (χ2v) is 3.68. The highest BCUT2D eigenvalue weighted by Crippen LogP contribution is 2.02. The molecule has 0 aliphatic heterocycles. The van der Waals surface area contributed by atoms with Crippen molar-refractivity contribution in [2.24, 2.45) is 0 Å². The minimum atomic E-state index is -0.729. The van der Waals surface area contributed by atoms with Crippen molar-refractivity contribution in [3.05, 3.63) is 37.0 Å². The van der Waals surface area contributed by atoms with E-state index < -0.39 is 6.29 Å². The Balaban J connectivity index is 3.51. The van der Waals surface area contributed by atoms with Crippen LogP contribution in [0.3, 0.4) is 0 Å². The van der Waals surface area contributed by atoms with Gasteiger partial charge in [-0.3, -0.25) is 0 Å². The van der Waals surface area contributed by atoms with Crippen molar-refractivity contribution in [1.82, 2.24) is 0 Å². The van der Waals surface area contributed by atoms with E-state index in [0.29, 0.717) is 13.2 Å². The lowest BCUT2D eigenvalue weighted by Gasteiger charge is -2.17. The zero-order valence-electron chi connectivity index (χ0n) is 10.8. The fourth-order valence-corrected chi connectivity index (χ4v) is 1.22. The molecule has 0 saturated heterocycles. The number of hydrogen-bond acceptors (Lipinski definition) is 3. The average molecular weight is 240 g/mol. The van der Waals surface area contributed by atoms with Gasteiger partial charge in [-0.2, -0.15) is 0 Å². The predicted molar refractivity (Wildman–Crippen MR) is 70.8 cm³/mol. The first-order valence-corrected chi connectivity index (χ1v) is 6.06. The van der Waals surface area contributed by atoms with Crippen LogP contribution >= 0.6 is 0 Å². The van der Waals surface area contributed by atoms with Gasteiger partial charge < -0.3 is 14.6 Å². The van der Waals surface area contributed by atoms with Crippen LogP contribution in [0.5, 0.6) is 0 Å². The summed E-state index contributed by atoms with van der Waals surface area (Å²) < 4.78 is 10.7. The Labute approximate surface area is 104 Å². The molecule has 0 aliphatic carbocycles. The summed E-state index contributed by atoms with van der Waals surface area (Å²) in [5, 5.41) is 9.07. The molecule has 0 aromatic rings. The highest BCUT2D eigenvalue weighted by Gasteiger charge is 2.08. The summed E-state index contributed by atoms with van der Waals surface area (Å²) in [6.07, 6.45) is 10.5. The molecule has 0 fully saturated rings. The van der Waals surface area contributed by atoms with E-state index >= 15 is 0 Å². The predicted octanol–water partition coefficient (Wildman–Crippen LogP) is 2.83. The lowest BCUT2D eigenvalue weighted by molar-refractivity contribution is -0.142. The highest BCUT2D eigenvalue weighted by atomic mass is 16.6. The van der Waals surface area contributed by atoms with E-state index in [9.17, 15) is 0 Å². The van der Waals surface area contributed by atoms with Gasteiger partial charge in [-0.1, -0.05) is 43.9 Å². The Bertz CT molecular complexity index is 232. The van der Waals surface area contributed by atoms with Crippen LogP contribution in [0.25, 0.3) is 0 Å². The Morgan fingerprint density at radius 2 is 2.06 bits per heavy atom. The van der Waals surface area contributed by atoms with Gasteiger partial charge in [0.15, 0.2) is 6.29 Å². The van der Waals surface area contributed by atoms with Gasteiger partial charge in [-0.15, -0.1) is 0 Å². The number of hydrogen-bond donors (Lipinski definition) is 1. The van der Waals surface area contributed by atoms with Crippen molar-refractivity contribution in [1.29, 1.82) is 0 Å². The van der Waals surface area contributed by atoms with Crippen molar-refractivity contribution in [3.8, 4) is 0 Å². The third-order valence-electron chi connectivity index (χ3n) is 2.07. The average Bonchev–Trinajstić information content (AvgIpc) is 2.30. The molecule has 0 aliphatic rings. The minimum absolute atomic E-state index is 0.0281. The molecule has 0 rings (SSSR count). The SMILES string of the molecule is C=C/C=C\C=C/CCOCC(CC)OC(C)O. The molecule has 0 aromatic carbocycles. The third kappa shape index (κ3) is 11.4. The molecule has 0 saturated carbocycles. The van der Waals surface area contributed by atoms with Crippen LogP contribution in [-0.2, 0) is 9.47 Å². The first-order chi connectivity index (χ1) is 8.20.